The Kier molecular flexibility index (Phi) is 3.28. The number of rotatable bonds is 3. The standard InChI is InChI=1S/C19H19N7/c1-13-21-17(10-18(22-13)26-9-5-8-20-26)25-11-14(12-25)19-23-15-6-3-4-7-16(15)24(19)2/h3-10,14H,11-12H2,1-2H3. The molecule has 1 aliphatic heterocycles. The number of anilines is 1. The Bertz CT molecular complexity index is 1070. The maximum atomic E-state index is 4.83. The van der Waals surface area contributed by atoms with Gasteiger partial charge in [0.2, 0.25) is 0 Å². The van der Waals surface area contributed by atoms with Crippen LogP contribution in [0.1, 0.15) is 17.6 Å². The van der Waals surface area contributed by atoms with Crippen LogP contribution in [-0.2, 0) is 7.05 Å². The van der Waals surface area contributed by atoms with Gasteiger partial charge in [-0.25, -0.2) is 19.6 Å². The van der Waals surface area contributed by atoms with E-state index in [0.29, 0.717) is 5.92 Å². The van der Waals surface area contributed by atoms with E-state index in [2.05, 4.69) is 49.8 Å². The van der Waals surface area contributed by atoms with Crippen molar-refractivity contribution in [2.24, 2.45) is 7.05 Å². The van der Waals surface area contributed by atoms with Gasteiger partial charge >= 0.3 is 0 Å². The fraction of sp³-hybridized carbons (Fsp3) is 0.263. The van der Waals surface area contributed by atoms with Crippen LogP contribution >= 0.6 is 0 Å². The van der Waals surface area contributed by atoms with Gasteiger partial charge in [-0.05, 0) is 25.1 Å². The molecule has 0 bridgehead atoms. The van der Waals surface area contributed by atoms with Crippen LogP contribution in [-0.4, -0.2) is 42.4 Å². The molecule has 7 heteroatoms. The molecule has 1 fully saturated rings. The van der Waals surface area contributed by atoms with Crippen molar-refractivity contribution in [2.75, 3.05) is 18.0 Å². The van der Waals surface area contributed by atoms with Crippen LogP contribution in [0.15, 0.2) is 48.8 Å². The first-order valence-electron chi connectivity index (χ1n) is 8.71. The molecule has 4 aromatic rings. The number of hydrogen-bond donors (Lipinski definition) is 0. The van der Waals surface area contributed by atoms with Crippen molar-refractivity contribution in [3.8, 4) is 5.82 Å². The lowest BCUT2D eigenvalue weighted by Gasteiger charge is -2.39. The first kappa shape index (κ1) is 15.1. The summed E-state index contributed by atoms with van der Waals surface area (Å²) in [5.41, 5.74) is 2.24. The zero-order chi connectivity index (χ0) is 17.7. The molecule has 0 N–H and O–H groups in total. The Morgan fingerprint density at radius 3 is 2.58 bits per heavy atom. The van der Waals surface area contributed by atoms with Crippen molar-refractivity contribution < 1.29 is 0 Å². The fourth-order valence-corrected chi connectivity index (χ4v) is 3.58. The summed E-state index contributed by atoms with van der Waals surface area (Å²) in [6.07, 6.45) is 3.65. The van der Waals surface area contributed by atoms with Crippen LogP contribution in [0, 0.1) is 6.92 Å². The Labute approximate surface area is 150 Å². The molecule has 0 amide bonds. The van der Waals surface area contributed by atoms with E-state index in [9.17, 15) is 0 Å². The van der Waals surface area contributed by atoms with Gasteiger partial charge in [0.15, 0.2) is 5.82 Å². The second kappa shape index (κ2) is 5.66. The van der Waals surface area contributed by atoms with E-state index in [-0.39, 0.29) is 0 Å². The number of nitrogens with zero attached hydrogens (tertiary/aromatic N) is 7. The smallest absolute Gasteiger partial charge is 0.159 e. The lowest BCUT2D eigenvalue weighted by Crippen LogP contribution is -2.46. The molecule has 26 heavy (non-hydrogen) atoms. The summed E-state index contributed by atoms with van der Waals surface area (Å²) in [5, 5.41) is 4.26. The number of aromatic nitrogens is 6. The second-order valence-corrected chi connectivity index (χ2v) is 6.70. The molecular formula is C19H19N7. The van der Waals surface area contributed by atoms with Crippen molar-refractivity contribution >= 4 is 16.9 Å². The Morgan fingerprint density at radius 1 is 1.00 bits per heavy atom. The minimum Gasteiger partial charge on any atom is -0.355 e. The second-order valence-electron chi connectivity index (χ2n) is 6.70. The van der Waals surface area contributed by atoms with E-state index in [1.807, 2.05) is 31.3 Å². The number of hydrogen-bond acceptors (Lipinski definition) is 5. The molecule has 7 nitrogen and oxygen atoms in total. The van der Waals surface area contributed by atoms with Gasteiger partial charge in [0, 0.05) is 38.6 Å². The molecule has 0 spiro atoms. The largest absolute Gasteiger partial charge is 0.355 e. The summed E-state index contributed by atoms with van der Waals surface area (Å²) < 4.78 is 3.97. The maximum absolute atomic E-state index is 4.83. The van der Waals surface area contributed by atoms with Crippen LogP contribution in [0.25, 0.3) is 16.9 Å². The number of para-hydroxylation sites is 2. The molecule has 0 saturated carbocycles. The van der Waals surface area contributed by atoms with Crippen molar-refractivity contribution in [2.45, 2.75) is 12.8 Å². The number of imidazole rings is 1. The minimum atomic E-state index is 0.413. The third-order valence-electron chi connectivity index (χ3n) is 4.94. The normalized spacial score (nSPS) is 14.8. The Balaban J connectivity index is 1.40. The van der Waals surface area contributed by atoms with E-state index >= 15 is 0 Å². The van der Waals surface area contributed by atoms with Gasteiger partial charge in [0.05, 0.1) is 17.0 Å². The quantitative estimate of drug-likeness (QED) is 0.571. The summed E-state index contributed by atoms with van der Waals surface area (Å²) in [4.78, 5) is 16.2. The van der Waals surface area contributed by atoms with Gasteiger partial charge in [-0.2, -0.15) is 5.10 Å². The Hall–Kier alpha value is -3.22. The van der Waals surface area contributed by atoms with E-state index in [4.69, 9.17) is 4.98 Å². The molecule has 4 heterocycles. The fourth-order valence-electron chi connectivity index (χ4n) is 3.58. The average molecular weight is 345 g/mol. The van der Waals surface area contributed by atoms with Gasteiger partial charge in [-0.3, -0.25) is 0 Å². The van der Waals surface area contributed by atoms with E-state index in [0.717, 1.165) is 41.9 Å². The van der Waals surface area contributed by atoms with Crippen LogP contribution in [0.4, 0.5) is 5.82 Å². The van der Waals surface area contributed by atoms with Crippen LogP contribution in [0.5, 0.6) is 0 Å². The SMILES string of the molecule is Cc1nc(N2CC(c3nc4ccccc4n3C)C2)cc(-n2cccn2)n1. The number of benzene rings is 1. The first-order chi connectivity index (χ1) is 12.7. The van der Waals surface area contributed by atoms with Gasteiger partial charge < -0.3 is 9.47 Å². The van der Waals surface area contributed by atoms with Crippen molar-refractivity contribution in [1.29, 1.82) is 0 Å². The molecular weight excluding hydrogens is 326 g/mol. The summed E-state index contributed by atoms with van der Waals surface area (Å²) in [6, 6.07) is 12.2. The van der Waals surface area contributed by atoms with Crippen molar-refractivity contribution in [3.63, 3.8) is 0 Å². The topological polar surface area (TPSA) is 64.7 Å². The molecule has 1 aromatic carbocycles. The summed E-state index contributed by atoms with van der Waals surface area (Å²) in [7, 11) is 2.10. The molecule has 5 rings (SSSR count). The van der Waals surface area contributed by atoms with Crippen molar-refractivity contribution in [3.05, 3.63) is 60.4 Å². The average Bonchev–Trinajstić information content (AvgIpc) is 3.23. The highest BCUT2D eigenvalue weighted by molar-refractivity contribution is 5.76. The molecule has 130 valence electrons. The molecule has 1 saturated heterocycles. The molecule has 0 aliphatic carbocycles. The third-order valence-corrected chi connectivity index (χ3v) is 4.94. The van der Waals surface area contributed by atoms with E-state index < -0.39 is 0 Å². The van der Waals surface area contributed by atoms with Crippen LogP contribution in [0.2, 0.25) is 0 Å². The monoisotopic (exact) mass is 345 g/mol. The zero-order valence-electron chi connectivity index (χ0n) is 14.7. The summed E-state index contributed by atoms with van der Waals surface area (Å²) in [5.74, 6) is 4.04. The third kappa shape index (κ3) is 2.35. The predicted molar refractivity (Wildman–Crippen MR) is 99.6 cm³/mol. The highest BCUT2D eigenvalue weighted by Gasteiger charge is 2.33. The lowest BCUT2D eigenvalue weighted by molar-refractivity contribution is 0.485. The summed E-state index contributed by atoms with van der Waals surface area (Å²) >= 11 is 0. The van der Waals surface area contributed by atoms with Crippen LogP contribution < -0.4 is 4.90 Å². The molecule has 1 aliphatic rings. The van der Waals surface area contributed by atoms with Gasteiger partial charge in [0.25, 0.3) is 0 Å². The first-order valence-corrected chi connectivity index (χ1v) is 8.71. The molecule has 0 atom stereocenters. The predicted octanol–water partition coefficient (Wildman–Crippen LogP) is 2.46. The maximum Gasteiger partial charge on any atom is 0.159 e. The molecule has 3 aromatic heterocycles. The summed E-state index contributed by atoms with van der Waals surface area (Å²) in [6.45, 7) is 3.73. The van der Waals surface area contributed by atoms with Gasteiger partial charge in [-0.1, -0.05) is 12.1 Å². The number of fused-ring (bicyclic) bond motifs is 1. The Morgan fingerprint density at radius 2 is 1.81 bits per heavy atom. The van der Waals surface area contributed by atoms with Gasteiger partial charge in [-0.15, -0.1) is 0 Å². The zero-order valence-corrected chi connectivity index (χ0v) is 14.7. The van der Waals surface area contributed by atoms with Crippen molar-refractivity contribution in [1.82, 2.24) is 29.3 Å². The highest BCUT2D eigenvalue weighted by atomic mass is 15.3. The minimum absolute atomic E-state index is 0.413. The molecule has 0 unspecified atom stereocenters. The number of aryl methyl sites for hydroxylation is 2. The lowest BCUT2D eigenvalue weighted by atomic mass is 9.99. The highest BCUT2D eigenvalue weighted by Crippen LogP contribution is 2.32. The van der Waals surface area contributed by atoms with Gasteiger partial charge in [0.1, 0.15) is 17.5 Å². The van der Waals surface area contributed by atoms with E-state index in [1.165, 1.54) is 5.52 Å². The van der Waals surface area contributed by atoms with E-state index in [1.54, 1.807) is 10.9 Å². The molecule has 0 radical (unpaired) electrons. The van der Waals surface area contributed by atoms with Crippen LogP contribution in [0.3, 0.4) is 0 Å².